The molecule has 0 fully saturated rings. The van der Waals surface area contributed by atoms with Crippen molar-refractivity contribution in [1.29, 1.82) is 0 Å². The molecular formula is C9H17N3. The lowest BCUT2D eigenvalue weighted by Gasteiger charge is -2.09. The van der Waals surface area contributed by atoms with E-state index in [9.17, 15) is 0 Å². The van der Waals surface area contributed by atoms with Crippen LogP contribution < -0.4 is 16.0 Å². The van der Waals surface area contributed by atoms with Crippen molar-refractivity contribution in [2.75, 3.05) is 33.2 Å². The Morgan fingerprint density at radius 1 is 1.50 bits per heavy atom. The first-order valence-electron chi connectivity index (χ1n) is 4.38. The van der Waals surface area contributed by atoms with E-state index in [1.165, 1.54) is 5.57 Å². The molecular weight excluding hydrogens is 150 g/mol. The summed E-state index contributed by atoms with van der Waals surface area (Å²) >= 11 is 0. The minimum absolute atomic E-state index is 0.958. The lowest BCUT2D eigenvalue weighted by molar-refractivity contribution is 0.681. The van der Waals surface area contributed by atoms with Crippen LogP contribution in [0.3, 0.4) is 0 Å². The van der Waals surface area contributed by atoms with E-state index in [1.807, 2.05) is 13.2 Å². The van der Waals surface area contributed by atoms with Gasteiger partial charge in [0.2, 0.25) is 0 Å². The fraction of sp³-hybridized carbons (Fsp3) is 0.556. The predicted octanol–water partition coefficient (Wildman–Crippen LogP) is -0.161. The molecule has 0 bridgehead atoms. The molecule has 1 aliphatic rings. The summed E-state index contributed by atoms with van der Waals surface area (Å²) in [6.07, 6.45) is 6.30. The molecule has 0 spiro atoms. The van der Waals surface area contributed by atoms with Crippen LogP contribution in [0.15, 0.2) is 23.9 Å². The molecule has 0 radical (unpaired) electrons. The van der Waals surface area contributed by atoms with E-state index in [-0.39, 0.29) is 0 Å². The van der Waals surface area contributed by atoms with Crippen molar-refractivity contribution >= 4 is 0 Å². The molecule has 1 heterocycles. The maximum atomic E-state index is 3.35. The van der Waals surface area contributed by atoms with Crippen LogP contribution in [0, 0.1) is 0 Å². The fourth-order valence-electron chi connectivity index (χ4n) is 1.07. The van der Waals surface area contributed by atoms with Gasteiger partial charge in [0.1, 0.15) is 0 Å². The van der Waals surface area contributed by atoms with Crippen molar-refractivity contribution in [3.8, 4) is 0 Å². The molecule has 68 valence electrons. The lowest BCUT2D eigenvalue weighted by Crippen LogP contribution is -2.27. The van der Waals surface area contributed by atoms with E-state index >= 15 is 0 Å². The maximum Gasteiger partial charge on any atom is 0.0331 e. The maximum absolute atomic E-state index is 3.35. The molecule has 3 nitrogen and oxygen atoms in total. The molecule has 0 aliphatic carbocycles. The number of rotatable bonds is 5. The van der Waals surface area contributed by atoms with Crippen molar-refractivity contribution in [3.05, 3.63) is 23.9 Å². The second-order valence-corrected chi connectivity index (χ2v) is 2.80. The number of nitrogens with one attached hydrogen (secondary N) is 3. The molecule has 12 heavy (non-hydrogen) atoms. The van der Waals surface area contributed by atoms with Crippen molar-refractivity contribution in [1.82, 2.24) is 16.0 Å². The molecule has 0 aromatic carbocycles. The Morgan fingerprint density at radius 2 is 2.42 bits per heavy atom. The third-order valence-corrected chi connectivity index (χ3v) is 1.78. The summed E-state index contributed by atoms with van der Waals surface area (Å²) in [7, 11) is 1.96. The monoisotopic (exact) mass is 167 g/mol. The van der Waals surface area contributed by atoms with Crippen LogP contribution in [0.25, 0.3) is 0 Å². The summed E-state index contributed by atoms with van der Waals surface area (Å²) in [6.45, 7) is 3.98. The van der Waals surface area contributed by atoms with Gasteiger partial charge in [-0.1, -0.05) is 6.08 Å². The molecule has 1 rings (SSSR count). The minimum atomic E-state index is 0.958. The summed E-state index contributed by atoms with van der Waals surface area (Å²) in [5, 5.41) is 9.56. The van der Waals surface area contributed by atoms with Crippen LogP contribution in [0.2, 0.25) is 0 Å². The zero-order valence-corrected chi connectivity index (χ0v) is 7.56. The zero-order valence-electron chi connectivity index (χ0n) is 7.56. The number of likely N-dealkylation sites (N-methyl/N-ethyl adjacent to an activating group) is 1. The molecule has 0 unspecified atom stereocenters. The van der Waals surface area contributed by atoms with Crippen LogP contribution in [0.4, 0.5) is 0 Å². The second-order valence-electron chi connectivity index (χ2n) is 2.80. The van der Waals surface area contributed by atoms with Crippen LogP contribution in [-0.2, 0) is 0 Å². The molecule has 0 atom stereocenters. The van der Waals surface area contributed by atoms with E-state index in [1.54, 1.807) is 0 Å². The molecule has 1 aliphatic heterocycles. The Bertz CT molecular complexity index is 173. The van der Waals surface area contributed by atoms with E-state index in [4.69, 9.17) is 0 Å². The molecule has 0 aromatic heterocycles. The molecule has 0 saturated heterocycles. The fourth-order valence-corrected chi connectivity index (χ4v) is 1.07. The molecule has 0 aromatic rings. The quantitative estimate of drug-likeness (QED) is 0.498. The first-order valence-corrected chi connectivity index (χ1v) is 4.38. The first kappa shape index (κ1) is 9.29. The highest BCUT2D eigenvalue weighted by molar-refractivity contribution is 5.23. The van der Waals surface area contributed by atoms with E-state index in [0.717, 1.165) is 26.2 Å². The van der Waals surface area contributed by atoms with Crippen LogP contribution in [-0.4, -0.2) is 33.2 Å². The zero-order chi connectivity index (χ0) is 8.65. The van der Waals surface area contributed by atoms with Crippen molar-refractivity contribution in [3.63, 3.8) is 0 Å². The smallest absolute Gasteiger partial charge is 0.0331 e. The average molecular weight is 167 g/mol. The van der Waals surface area contributed by atoms with Gasteiger partial charge >= 0.3 is 0 Å². The van der Waals surface area contributed by atoms with Crippen LogP contribution in [0.5, 0.6) is 0 Å². The van der Waals surface area contributed by atoms with Gasteiger partial charge in [-0.2, -0.15) is 0 Å². The van der Waals surface area contributed by atoms with Gasteiger partial charge in [0, 0.05) is 26.2 Å². The third-order valence-electron chi connectivity index (χ3n) is 1.78. The van der Waals surface area contributed by atoms with Gasteiger partial charge in [-0.05, 0) is 24.9 Å². The van der Waals surface area contributed by atoms with Gasteiger partial charge in [-0.3, -0.25) is 0 Å². The summed E-state index contributed by atoms with van der Waals surface area (Å²) in [6, 6.07) is 0. The highest BCUT2D eigenvalue weighted by Gasteiger charge is 1.94. The first-order chi connectivity index (χ1) is 5.93. The largest absolute Gasteiger partial charge is 0.387 e. The third kappa shape index (κ3) is 3.55. The highest BCUT2D eigenvalue weighted by atomic mass is 14.9. The summed E-state index contributed by atoms with van der Waals surface area (Å²) in [5.41, 5.74) is 1.37. The lowest BCUT2D eigenvalue weighted by atomic mass is 10.2. The van der Waals surface area contributed by atoms with Gasteiger partial charge in [-0.25, -0.2) is 0 Å². The molecule has 3 N–H and O–H groups in total. The second kappa shape index (κ2) is 5.80. The van der Waals surface area contributed by atoms with E-state index in [0.29, 0.717) is 0 Å². The molecule has 0 saturated carbocycles. The molecule has 0 amide bonds. The van der Waals surface area contributed by atoms with Gasteiger partial charge in [0.05, 0.1) is 0 Å². The van der Waals surface area contributed by atoms with Gasteiger partial charge in [0.15, 0.2) is 0 Å². The Morgan fingerprint density at radius 3 is 3.08 bits per heavy atom. The standard InChI is InChI=1S/C9H17N3/c1-10-6-7-12-8-9-2-4-11-5-3-9/h2-4,10-12H,5-8H2,1H3. The normalized spacial score (nSPS) is 15.6. The number of dihydropyridines is 1. The average Bonchev–Trinajstić information content (AvgIpc) is 2.14. The predicted molar refractivity (Wildman–Crippen MR) is 52.0 cm³/mol. The Labute approximate surface area is 73.9 Å². The van der Waals surface area contributed by atoms with E-state index < -0.39 is 0 Å². The summed E-state index contributed by atoms with van der Waals surface area (Å²) < 4.78 is 0. The topological polar surface area (TPSA) is 36.1 Å². The van der Waals surface area contributed by atoms with Crippen molar-refractivity contribution in [2.45, 2.75) is 0 Å². The van der Waals surface area contributed by atoms with Crippen LogP contribution >= 0.6 is 0 Å². The highest BCUT2D eigenvalue weighted by Crippen LogP contribution is 1.96. The Hall–Kier alpha value is -0.800. The van der Waals surface area contributed by atoms with Gasteiger partial charge < -0.3 is 16.0 Å². The van der Waals surface area contributed by atoms with Gasteiger partial charge in [-0.15, -0.1) is 0 Å². The van der Waals surface area contributed by atoms with Gasteiger partial charge in [0.25, 0.3) is 0 Å². The Kier molecular flexibility index (Phi) is 4.49. The number of hydrogen-bond donors (Lipinski definition) is 3. The summed E-state index contributed by atoms with van der Waals surface area (Å²) in [4.78, 5) is 0. The summed E-state index contributed by atoms with van der Waals surface area (Å²) in [5.74, 6) is 0. The van der Waals surface area contributed by atoms with Crippen LogP contribution in [0.1, 0.15) is 0 Å². The van der Waals surface area contributed by atoms with E-state index in [2.05, 4.69) is 28.1 Å². The molecule has 3 heteroatoms. The van der Waals surface area contributed by atoms with Crippen molar-refractivity contribution in [2.24, 2.45) is 0 Å². The minimum Gasteiger partial charge on any atom is -0.387 e. The number of hydrogen-bond acceptors (Lipinski definition) is 3. The SMILES string of the molecule is CNCCNCC1=CCNC=C1. The van der Waals surface area contributed by atoms with Crippen molar-refractivity contribution < 1.29 is 0 Å². The Balaban J connectivity index is 2.06.